The van der Waals surface area contributed by atoms with Gasteiger partial charge >= 0.3 is 0 Å². The van der Waals surface area contributed by atoms with Gasteiger partial charge in [0.1, 0.15) is 0 Å². The van der Waals surface area contributed by atoms with Crippen molar-refractivity contribution in [2.45, 2.75) is 0 Å². The lowest BCUT2D eigenvalue weighted by atomic mass is 9.95. The molecular weight excluding hydrogens is 651 g/mol. The van der Waals surface area contributed by atoms with Crippen LogP contribution in [0.4, 0.5) is 0 Å². The van der Waals surface area contributed by atoms with Crippen LogP contribution in [-0.2, 0) is 0 Å². The minimum absolute atomic E-state index is 0.838. The van der Waals surface area contributed by atoms with Crippen molar-refractivity contribution in [1.82, 2.24) is 14.6 Å². The van der Waals surface area contributed by atoms with E-state index < -0.39 is 0 Å². The summed E-state index contributed by atoms with van der Waals surface area (Å²) in [4.78, 5) is 0. The molecule has 242 valence electrons. The molecule has 0 amide bonds. The number of rotatable bonds is 4. The van der Waals surface area contributed by atoms with Gasteiger partial charge in [-0.2, -0.15) is 0 Å². The molecule has 3 heterocycles. The molecular formula is C48H29N3S. The fourth-order valence-corrected chi connectivity index (χ4v) is 9.24. The second kappa shape index (κ2) is 11.5. The van der Waals surface area contributed by atoms with Crippen LogP contribution in [0.15, 0.2) is 176 Å². The summed E-state index contributed by atoms with van der Waals surface area (Å²) in [6.45, 7) is 0. The molecule has 0 aliphatic carbocycles. The standard InChI is InChI=1S/C48H29N3S/c1-2-11-36-31(9-1)10-7-15-37(36)32-21-19-30(20-22-32)35-27-28-44-43(29-35)39-12-3-4-14-42(39)48-50-49-47(51(44)48)34-25-23-33(24-26-34)38-16-8-17-41-40-13-5-6-18-45(40)52-46(38)41/h1-29H. The molecule has 0 bridgehead atoms. The van der Waals surface area contributed by atoms with Crippen molar-refractivity contribution in [3.8, 4) is 44.8 Å². The van der Waals surface area contributed by atoms with Gasteiger partial charge in [0.15, 0.2) is 11.5 Å². The predicted molar refractivity (Wildman–Crippen MR) is 220 cm³/mol. The van der Waals surface area contributed by atoms with E-state index in [2.05, 4.69) is 180 Å². The van der Waals surface area contributed by atoms with Crippen LogP contribution < -0.4 is 0 Å². The minimum Gasteiger partial charge on any atom is -0.274 e. The van der Waals surface area contributed by atoms with E-state index >= 15 is 0 Å². The third-order valence-electron chi connectivity index (χ3n) is 10.5. The molecule has 3 aromatic heterocycles. The van der Waals surface area contributed by atoms with E-state index in [1.54, 1.807) is 0 Å². The Morgan fingerprint density at radius 3 is 1.83 bits per heavy atom. The van der Waals surface area contributed by atoms with E-state index in [0.717, 1.165) is 27.9 Å². The van der Waals surface area contributed by atoms with E-state index in [-0.39, 0.29) is 0 Å². The summed E-state index contributed by atoms with van der Waals surface area (Å²) in [5.41, 5.74) is 10.3. The molecule has 0 spiro atoms. The lowest BCUT2D eigenvalue weighted by Crippen LogP contribution is -1.95. The Labute approximate surface area is 303 Å². The van der Waals surface area contributed by atoms with E-state index in [0.29, 0.717) is 0 Å². The van der Waals surface area contributed by atoms with Crippen molar-refractivity contribution in [1.29, 1.82) is 0 Å². The molecule has 11 rings (SSSR count). The van der Waals surface area contributed by atoms with Gasteiger partial charge in [0.2, 0.25) is 0 Å². The molecule has 0 N–H and O–H groups in total. The van der Waals surface area contributed by atoms with Gasteiger partial charge in [0, 0.05) is 36.5 Å². The Balaban J connectivity index is 1.02. The highest BCUT2D eigenvalue weighted by Crippen LogP contribution is 2.41. The molecule has 3 nitrogen and oxygen atoms in total. The number of hydrogen-bond acceptors (Lipinski definition) is 3. The highest BCUT2D eigenvalue weighted by atomic mass is 32.1. The molecule has 4 heteroatoms. The van der Waals surface area contributed by atoms with Gasteiger partial charge in [-0.15, -0.1) is 21.5 Å². The smallest absolute Gasteiger partial charge is 0.169 e. The number of aromatic nitrogens is 3. The van der Waals surface area contributed by atoms with Gasteiger partial charge < -0.3 is 0 Å². The van der Waals surface area contributed by atoms with Crippen LogP contribution in [0.5, 0.6) is 0 Å². The Morgan fingerprint density at radius 1 is 0.385 bits per heavy atom. The Kier molecular flexibility index (Phi) is 6.42. The zero-order chi connectivity index (χ0) is 34.2. The molecule has 11 aromatic rings. The van der Waals surface area contributed by atoms with Gasteiger partial charge in [0.25, 0.3) is 0 Å². The van der Waals surface area contributed by atoms with E-state index in [1.165, 1.54) is 75.1 Å². The zero-order valence-electron chi connectivity index (χ0n) is 28.0. The lowest BCUT2D eigenvalue weighted by molar-refractivity contribution is 1.12. The second-order valence-electron chi connectivity index (χ2n) is 13.4. The van der Waals surface area contributed by atoms with Crippen molar-refractivity contribution >= 4 is 69.6 Å². The van der Waals surface area contributed by atoms with Crippen LogP contribution in [-0.4, -0.2) is 14.6 Å². The monoisotopic (exact) mass is 679 g/mol. The van der Waals surface area contributed by atoms with E-state index in [4.69, 9.17) is 10.2 Å². The van der Waals surface area contributed by atoms with Crippen molar-refractivity contribution in [2.24, 2.45) is 0 Å². The van der Waals surface area contributed by atoms with Crippen molar-refractivity contribution in [2.75, 3.05) is 0 Å². The SMILES string of the molecule is c1ccc2c(-c3ccc(-c4ccc5c(c4)c4ccccc4c4nnc(-c6ccc(-c7cccc8c7sc7ccccc78)cc6)n54)cc3)cccc2c1. The third-order valence-corrected chi connectivity index (χ3v) is 11.8. The minimum atomic E-state index is 0.838. The van der Waals surface area contributed by atoms with Gasteiger partial charge in [-0.1, -0.05) is 158 Å². The van der Waals surface area contributed by atoms with Gasteiger partial charge in [-0.25, -0.2) is 0 Å². The average molecular weight is 680 g/mol. The molecule has 52 heavy (non-hydrogen) atoms. The fraction of sp³-hybridized carbons (Fsp3) is 0. The summed E-state index contributed by atoms with van der Waals surface area (Å²) < 4.78 is 4.87. The molecule has 0 saturated carbocycles. The Morgan fingerprint density at radius 2 is 0.981 bits per heavy atom. The highest BCUT2D eigenvalue weighted by molar-refractivity contribution is 7.26. The predicted octanol–water partition coefficient (Wildman–Crippen LogP) is 13.2. The first-order valence-corrected chi connectivity index (χ1v) is 18.4. The molecule has 0 unspecified atom stereocenters. The number of fused-ring (bicyclic) bond motifs is 10. The van der Waals surface area contributed by atoms with Gasteiger partial charge in [-0.3, -0.25) is 4.40 Å². The van der Waals surface area contributed by atoms with Crippen LogP contribution in [0.25, 0.3) is 103 Å². The summed E-state index contributed by atoms with van der Waals surface area (Å²) in [5.74, 6) is 0.838. The van der Waals surface area contributed by atoms with Crippen LogP contribution in [0.2, 0.25) is 0 Å². The van der Waals surface area contributed by atoms with E-state index in [1.807, 2.05) is 11.3 Å². The van der Waals surface area contributed by atoms with Crippen LogP contribution in [0.3, 0.4) is 0 Å². The Bertz CT molecular complexity index is 3160. The Hall–Kier alpha value is -6.62. The number of pyridine rings is 1. The van der Waals surface area contributed by atoms with Crippen molar-refractivity contribution in [3.63, 3.8) is 0 Å². The summed E-state index contributed by atoms with van der Waals surface area (Å²) in [6, 6.07) is 63.5. The largest absolute Gasteiger partial charge is 0.274 e. The van der Waals surface area contributed by atoms with Crippen LogP contribution in [0, 0.1) is 0 Å². The second-order valence-corrected chi connectivity index (χ2v) is 14.5. The maximum absolute atomic E-state index is 4.80. The molecule has 0 saturated heterocycles. The topological polar surface area (TPSA) is 30.2 Å². The molecule has 0 aliphatic heterocycles. The number of hydrogen-bond donors (Lipinski definition) is 0. The van der Waals surface area contributed by atoms with Crippen LogP contribution >= 0.6 is 11.3 Å². The molecule has 0 atom stereocenters. The zero-order valence-corrected chi connectivity index (χ0v) is 28.8. The first kappa shape index (κ1) is 29.1. The fourth-order valence-electron chi connectivity index (χ4n) is 8.01. The summed E-state index contributed by atoms with van der Waals surface area (Å²) in [5, 5.41) is 18.2. The van der Waals surface area contributed by atoms with Crippen molar-refractivity contribution < 1.29 is 0 Å². The average Bonchev–Trinajstić information content (AvgIpc) is 3.84. The molecule has 8 aromatic carbocycles. The lowest BCUT2D eigenvalue weighted by Gasteiger charge is -2.12. The summed E-state index contributed by atoms with van der Waals surface area (Å²) in [7, 11) is 0. The quantitative estimate of drug-likeness (QED) is 0.173. The van der Waals surface area contributed by atoms with Gasteiger partial charge in [-0.05, 0) is 67.7 Å². The molecule has 0 fully saturated rings. The third kappa shape index (κ3) is 4.45. The normalized spacial score (nSPS) is 11.8. The van der Waals surface area contributed by atoms with E-state index in [9.17, 15) is 0 Å². The molecule has 0 aliphatic rings. The molecule has 0 radical (unpaired) electrons. The number of thiophene rings is 1. The number of benzene rings is 8. The summed E-state index contributed by atoms with van der Waals surface area (Å²) in [6.07, 6.45) is 0. The summed E-state index contributed by atoms with van der Waals surface area (Å²) >= 11 is 1.86. The maximum atomic E-state index is 4.80. The first-order chi connectivity index (χ1) is 25.8. The number of nitrogens with zero attached hydrogens (tertiary/aromatic N) is 3. The highest BCUT2D eigenvalue weighted by Gasteiger charge is 2.17. The maximum Gasteiger partial charge on any atom is 0.169 e. The first-order valence-electron chi connectivity index (χ1n) is 17.6. The van der Waals surface area contributed by atoms with Crippen LogP contribution in [0.1, 0.15) is 0 Å². The van der Waals surface area contributed by atoms with Gasteiger partial charge in [0.05, 0.1) is 5.52 Å². The van der Waals surface area contributed by atoms with Crippen molar-refractivity contribution in [3.05, 3.63) is 176 Å².